The van der Waals surface area contributed by atoms with Gasteiger partial charge in [0.05, 0.1) is 0 Å². The number of hydrogen-bond donors (Lipinski definition) is 2. The number of nitrogens with zero attached hydrogens (tertiary/aromatic N) is 1. The van der Waals surface area contributed by atoms with E-state index in [1.165, 1.54) is 12.3 Å². The standard InChI is InChI=1S/C10H15N3O4/c1-2-16-6-3-5-11-9(14)10(15)12-8-4-7-17-13-8/h4,7H,2-3,5-6H2,1H3,(H,11,14)(H,12,13,15). The fraction of sp³-hybridized carbons (Fsp3) is 0.500. The van der Waals surface area contributed by atoms with Gasteiger partial charge in [-0.05, 0) is 13.3 Å². The average Bonchev–Trinajstić information content (AvgIpc) is 2.81. The highest BCUT2D eigenvalue weighted by Gasteiger charge is 2.13. The number of hydrogen-bond acceptors (Lipinski definition) is 5. The van der Waals surface area contributed by atoms with Crippen molar-refractivity contribution >= 4 is 17.6 Å². The van der Waals surface area contributed by atoms with Crippen LogP contribution in [0.2, 0.25) is 0 Å². The molecule has 0 saturated heterocycles. The second kappa shape index (κ2) is 7.39. The van der Waals surface area contributed by atoms with Crippen LogP contribution in [0.1, 0.15) is 13.3 Å². The molecule has 7 nitrogen and oxygen atoms in total. The monoisotopic (exact) mass is 241 g/mol. The Balaban J connectivity index is 2.16. The molecule has 1 rings (SSSR count). The van der Waals surface area contributed by atoms with Gasteiger partial charge in [0.25, 0.3) is 0 Å². The third kappa shape index (κ3) is 5.12. The maximum absolute atomic E-state index is 11.3. The van der Waals surface area contributed by atoms with E-state index < -0.39 is 11.8 Å². The van der Waals surface area contributed by atoms with Gasteiger partial charge in [0, 0.05) is 25.8 Å². The minimum absolute atomic E-state index is 0.208. The number of carbonyl (C=O) groups excluding carboxylic acids is 2. The summed E-state index contributed by atoms with van der Waals surface area (Å²) in [5.41, 5.74) is 0. The predicted molar refractivity (Wildman–Crippen MR) is 59.3 cm³/mol. The number of anilines is 1. The molecule has 0 radical (unpaired) electrons. The average molecular weight is 241 g/mol. The van der Waals surface area contributed by atoms with Crippen molar-refractivity contribution in [2.45, 2.75) is 13.3 Å². The lowest BCUT2D eigenvalue weighted by molar-refractivity contribution is -0.136. The molecular formula is C10H15N3O4. The smallest absolute Gasteiger partial charge is 0.314 e. The first-order valence-electron chi connectivity index (χ1n) is 5.31. The first-order valence-corrected chi connectivity index (χ1v) is 5.31. The van der Waals surface area contributed by atoms with Crippen LogP contribution in [0.3, 0.4) is 0 Å². The number of amides is 2. The molecule has 1 aromatic heterocycles. The van der Waals surface area contributed by atoms with Gasteiger partial charge in [-0.15, -0.1) is 0 Å². The third-order valence-corrected chi connectivity index (χ3v) is 1.84. The normalized spacial score (nSPS) is 9.94. The van der Waals surface area contributed by atoms with Crippen LogP contribution in [-0.4, -0.2) is 36.7 Å². The van der Waals surface area contributed by atoms with Gasteiger partial charge in [-0.25, -0.2) is 0 Å². The van der Waals surface area contributed by atoms with Gasteiger partial charge in [-0.3, -0.25) is 14.9 Å². The maximum atomic E-state index is 11.3. The van der Waals surface area contributed by atoms with E-state index >= 15 is 0 Å². The van der Waals surface area contributed by atoms with Crippen molar-refractivity contribution in [2.24, 2.45) is 0 Å². The summed E-state index contributed by atoms with van der Waals surface area (Å²) in [6, 6.07) is 1.44. The summed E-state index contributed by atoms with van der Waals surface area (Å²) >= 11 is 0. The lowest BCUT2D eigenvalue weighted by atomic mass is 10.4. The molecule has 1 aromatic rings. The Hall–Kier alpha value is -1.89. The molecule has 2 amide bonds. The summed E-state index contributed by atoms with van der Waals surface area (Å²) in [5.74, 6) is -1.26. The molecule has 0 unspecified atom stereocenters. The summed E-state index contributed by atoms with van der Waals surface area (Å²) in [5, 5.41) is 8.20. The van der Waals surface area contributed by atoms with Crippen LogP contribution in [0, 0.1) is 0 Å². The van der Waals surface area contributed by atoms with Crippen molar-refractivity contribution in [2.75, 3.05) is 25.1 Å². The molecule has 0 fully saturated rings. The van der Waals surface area contributed by atoms with Crippen molar-refractivity contribution < 1.29 is 18.8 Å². The molecular weight excluding hydrogens is 226 g/mol. The van der Waals surface area contributed by atoms with Crippen LogP contribution in [0.4, 0.5) is 5.82 Å². The quantitative estimate of drug-likeness (QED) is 0.546. The van der Waals surface area contributed by atoms with Crippen molar-refractivity contribution in [3.05, 3.63) is 12.3 Å². The van der Waals surface area contributed by atoms with E-state index in [4.69, 9.17) is 4.74 Å². The Morgan fingerprint density at radius 1 is 1.47 bits per heavy atom. The van der Waals surface area contributed by atoms with Crippen LogP contribution < -0.4 is 10.6 Å². The fourth-order valence-electron chi connectivity index (χ4n) is 1.05. The molecule has 1 heterocycles. The predicted octanol–water partition coefficient (Wildman–Crippen LogP) is 0.156. The van der Waals surface area contributed by atoms with Gasteiger partial charge in [0.1, 0.15) is 6.26 Å². The molecule has 0 aliphatic carbocycles. The molecule has 0 saturated carbocycles. The summed E-state index contributed by atoms with van der Waals surface area (Å²) in [7, 11) is 0. The molecule has 94 valence electrons. The molecule has 0 atom stereocenters. The van der Waals surface area contributed by atoms with E-state index in [2.05, 4.69) is 20.3 Å². The molecule has 0 bridgehead atoms. The Kier molecular flexibility index (Phi) is 5.73. The van der Waals surface area contributed by atoms with Crippen LogP contribution in [0.25, 0.3) is 0 Å². The van der Waals surface area contributed by atoms with Crippen LogP contribution >= 0.6 is 0 Å². The SMILES string of the molecule is CCOCCCNC(=O)C(=O)Nc1ccon1. The molecule has 0 spiro atoms. The van der Waals surface area contributed by atoms with Gasteiger partial charge in [0.2, 0.25) is 0 Å². The maximum Gasteiger partial charge on any atom is 0.314 e. The first-order chi connectivity index (χ1) is 8.24. The van der Waals surface area contributed by atoms with Gasteiger partial charge in [-0.2, -0.15) is 0 Å². The zero-order valence-electron chi connectivity index (χ0n) is 9.56. The minimum atomic E-state index is -0.768. The Labute approximate surface area is 98.5 Å². The fourth-order valence-corrected chi connectivity index (χ4v) is 1.05. The van der Waals surface area contributed by atoms with Crippen molar-refractivity contribution in [1.82, 2.24) is 10.5 Å². The topological polar surface area (TPSA) is 93.5 Å². The summed E-state index contributed by atoms with van der Waals surface area (Å²) in [4.78, 5) is 22.6. The second-order valence-electron chi connectivity index (χ2n) is 3.15. The molecule has 0 aliphatic heterocycles. The van der Waals surface area contributed by atoms with Gasteiger partial charge in [0.15, 0.2) is 5.82 Å². The van der Waals surface area contributed by atoms with Gasteiger partial charge < -0.3 is 14.6 Å². The van der Waals surface area contributed by atoms with Gasteiger partial charge >= 0.3 is 11.8 Å². The lowest BCUT2D eigenvalue weighted by Crippen LogP contribution is -2.36. The van der Waals surface area contributed by atoms with E-state index in [1.807, 2.05) is 6.92 Å². The summed E-state index contributed by atoms with van der Waals surface area (Å²) in [6.07, 6.45) is 1.96. The number of ether oxygens (including phenoxy) is 1. The van der Waals surface area contributed by atoms with Gasteiger partial charge in [-0.1, -0.05) is 5.16 Å². The Morgan fingerprint density at radius 3 is 2.94 bits per heavy atom. The van der Waals surface area contributed by atoms with Crippen LogP contribution in [-0.2, 0) is 14.3 Å². The zero-order chi connectivity index (χ0) is 12.5. The Bertz CT molecular complexity index is 350. The highest BCUT2D eigenvalue weighted by atomic mass is 16.5. The number of nitrogens with one attached hydrogen (secondary N) is 2. The van der Waals surface area contributed by atoms with Crippen LogP contribution in [0.5, 0.6) is 0 Å². The van der Waals surface area contributed by atoms with Crippen molar-refractivity contribution in [3.63, 3.8) is 0 Å². The number of aromatic nitrogens is 1. The Morgan fingerprint density at radius 2 is 2.29 bits per heavy atom. The minimum Gasteiger partial charge on any atom is -0.382 e. The second-order valence-corrected chi connectivity index (χ2v) is 3.15. The zero-order valence-corrected chi connectivity index (χ0v) is 9.56. The molecule has 17 heavy (non-hydrogen) atoms. The van der Waals surface area contributed by atoms with Crippen LogP contribution in [0.15, 0.2) is 16.9 Å². The largest absolute Gasteiger partial charge is 0.382 e. The summed E-state index contributed by atoms with van der Waals surface area (Å²) in [6.45, 7) is 3.48. The third-order valence-electron chi connectivity index (χ3n) is 1.84. The number of carbonyl (C=O) groups is 2. The van der Waals surface area contributed by atoms with E-state index in [1.54, 1.807) is 0 Å². The highest BCUT2D eigenvalue weighted by molar-refractivity contribution is 6.39. The van der Waals surface area contributed by atoms with E-state index in [0.29, 0.717) is 26.2 Å². The van der Waals surface area contributed by atoms with E-state index in [-0.39, 0.29) is 5.82 Å². The van der Waals surface area contributed by atoms with Crippen molar-refractivity contribution in [3.8, 4) is 0 Å². The molecule has 0 aliphatic rings. The molecule has 7 heteroatoms. The highest BCUT2D eigenvalue weighted by Crippen LogP contribution is 1.99. The molecule has 0 aromatic carbocycles. The van der Waals surface area contributed by atoms with E-state index in [0.717, 1.165) is 0 Å². The first kappa shape index (κ1) is 13.2. The van der Waals surface area contributed by atoms with Crippen molar-refractivity contribution in [1.29, 1.82) is 0 Å². The summed E-state index contributed by atoms with van der Waals surface area (Å²) < 4.78 is 9.59. The molecule has 2 N–H and O–H groups in total. The number of rotatable bonds is 6. The lowest BCUT2D eigenvalue weighted by Gasteiger charge is -2.04. The van der Waals surface area contributed by atoms with E-state index in [9.17, 15) is 9.59 Å².